The van der Waals surface area contributed by atoms with Crippen LogP contribution < -0.4 is 15.6 Å². The number of anilines is 1. The van der Waals surface area contributed by atoms with Gasteiger partial charge >= 0.3 is 0 Å². The van der Waals surface area contributed by atoms with Crippen molar-refractivity contribution in [2.45, 2.75) is 18.2 Å². The van der Waals surface area contributed by atoms with Crippen LogP contribution in [0.3, 0.4) is 0 Å². The Kier molecular flexibility index (Phi) is 7.06. The fourth-order valence-corrected chi connectivity index (χ4v) is 4.16. The number of aromatic amines is 1. The molecule has 1 heterocycles. The predicted molar refractivity (Wildman–Crippen MR) is 120 cm³/mol. The standard InChI is InChI=1S/C22H24N4O5S/c1-15-12-17(22(28)25-24-15)13-16-4-10-20(11-5-16)32(29,30)26(2)14-21(27)23-18-6-8-19(31-3)9-7-18/h4-12H,13-14H2,1-3H3,(H,23,27)(H,25,28). The minimum Gasteiger partial charge on any atom is -0.497 e. The largest absolute Gasteiger partial charge is 0.497 e. The summed E-state index contributed by atoms with van der Waals surface area (Å²) in [4.78, 5) is 24.2. The molecule has 0 aliphatic rings. The third kappa shape index (κ3) is 5.59. The zero-order valence-electron chi connectivity index (χ0n) is 18.0. The van der Waals surface area contributed by atoms with Gasteiger partial charge in [0.1, 0.15) is 5.75 Å². The number of hydrogen-bond donors (Lipinski definition) is 2. The number of carbonyl (C=O) groups excluding carboxylic acids is 1. The topological polar surface area (TPSA) is 121 Å². The fraction of sp³-hybridized carbons (Fsp3) is 0.227. The Morgan fingerprint density at radius 3 is 2.41 bits per heavy atom. The van der Waals surface area contributed by atoms with Gasteiger partial charge < -0.3 is 10.1 Å². The molecule has 0 saturated carbocycles. The summed E-state index contributed by atoms with van der Waals surface area (Å²) in [7, 11) is -0.982. The number of H-pyrrole nitrogens is 1. The number of nitrogens with one attached hydrogen (secondary N) is 2. The number of sulfonamides is 1. The molecule has 0 unspecified atom stereocenters. The van der Waals surface area contributed by atoms with Gasteiger partial charge in [-0.05, 0) is 55.0 Å². The quantitative estimate of drug-likeness (QED) is 0.534. The number of rotatable bonds is 8. The van der Waals surface area contributed by atoms with Crippen LogP contribution in [-0.2, 0) is 21.2 Å². The number of hydrogen-bond acceptors (Lipinski definition) is 6. The van der Waals surface area contributed by atoms with Crippen LogP contribution >= 0.6 is 0 Å². The summed E-state index contributed by atoms with van der Waals surface area (Å²) in [5.41, 5.74) is 2.26. The normalized spacial score (nSPS) is 11.4. The molecule has 3 aromatic rings. The molecule has 0 saturated heterocycles. The molecule has 0 spiro atoms. The van der Waals surface area contributed by atoms with Gasteiger partial charge in [-0.1, -0.05) is 12.1 Å². The molecule has 0 fully saturated rings. The van der Waals surface area contributed by atoms with E-state index in [0.29, 0.717) is 29.1 Å². The van der Waals surface area contributed by atoms with E-state index in [1.54, 1.807) is 56.5 Å². The molecule has 3 rings (SSSR count). The number of aryl methyl sites for hydroxylation is 1. The smallest absolute Gasteiger partial charge is 0.267 e. The van der Waals surface area contributed by atoms with Crippen molar-refractivity contribution in [1.82, 2.24) is 14.5 Å². The summed E-state index contributed by atoms with van der Waals surface area (Å²) in [6, 6.07) is 14.6. The molecule has 9 nitrogen and oxygen atoms in total. The van der Waals surface area contributed by atoms with E-state index in [1.165, 1.54) is 19.2 Å². The van der Waals surface area contributed by atoms with E-state index in [2.05, 4.69) is 15.5 Å². The van der Waals surface area contributed by atoms with Gasteiger partial charge in [-0.2, -0.15) is 9.40 Å². The number of ether oxygens (including phenoxy) is 1. The van der Waals surface area contributed by atoms with Gasteiger partial charge in [-0.25, -0.2) is 13.5 Å². The number of likely N-dealkylation sites (N-methyl/N-ethyl adjacent to an activating group) is 1. The molecule has 2 aromatic carbocycles. The molecule has 1 amide bonds. The second-order valence-electron chi connectivity index (χ2n) is 7.22. The Balaban J connectivity index is 1.66. The highest BCUT2D eigenvalue weighted by atomic mass is 32.2. The number of nitrogens with zero attached hydrogens (tertiary/aromatic N) is 2. The predicted octanol–water partition coefficient (Wildman–Crippen LogP) is 1.94. The Morgan fingerprint density at radius 2 is 1.78 bits per heavy atom. The number of methoxy groups -OCH3 is 1. The molecule has 32 heavy (non-hydrogen) atoms. The van der Waals surface area contributed by atoms with Crippen LogP contribution in [0.15, 0.2) is 64.3 Å². The maximum Gasteiger partial charge on any atom is 0.267 e. The average molecular weight is 457 g/mol. The SMILES string of the molecule is COc1ccc(NC(=O)CN(C)S(=O)(=O)c2ccc(Cc3cc(C)n[nH]c3=O)cc2)cc1. The van der Waals surface area contributed by atoms with Crippen molar-refractivity contribution >= 4 is 21.6 Å². The summed E-state index contributed by atoms with van der Waals surface area (Å²) >= 11 is 0. The highest BCUT2D eigenvalue weighted by molar-refractivity contribution is 7.89. The molecule has 0 aliphatic carbocycles. The van der Waals surface area contributed by atoms with Gasteiger partial charge in [0.15, 0.2) is 0 Å². The van der Waals surface area contributed by atoms with E-state index in [4.69, 9.17) is 4.74 Å². The zero-order valence-corrected chi connectivity index (χ0v) is 18.8. The van der Waals surface area contributed by atoms with Crippen molar-refractivity contribution < 1.29 is 17.9 Å². The molecule has 2 N–H and O–H groups in total. The third-order valence-electron chi connectivity index (χ3n) is 4.77. The van der Waals surface area contributed by atoms with Crippen molar-refractivity contribution in [1.29, 1.82) is 0 Å². The van der Waals surface area contributed by atoms with Crippen LogP contribution in [0, 0.1) is 6.92 Å². The maximum absolute atomic E-state index is 12.8. The molecule has 0 radical (unpaired) electrons. The van der Waals surface area contributed by atoms with E-state index < -0.39 is 15.9 Å². The van der Waals surface area contributed by atoms with Gasteiger partial charge in [0.2, 0.25) is 15.9 Å². The van der Waals surface area contributed by atoms with Crippen molar-refractivity contribution in [3.05, 3.63) is 81.8 Å². The fourth-order valence-electron chi connectivity index (χ4n) is 3.03. The van der Waals surface area contributed by atoms with Crippen LogP contribution in [0.4, 0.5) is 5.69 Å². The lowest BCUT2D eigenvalue weighted by atomic mass is 10.1. The highest BCUT2D eigenvalue weighted by Gasteiger charge is 2.23. The molecular formula is C22H24N4O5S. The molecular weight excluding hydrogens is 432 g/mol. The maximum atomic E-state index is 12.8. The van der Waals surface area contributed by atoms with Crippen LogP contribution in [0.1, 0.15) is 16.8 Å². The van der Waals surface area contributed by atoms with Gasteiger partial charge in [-0.15, -0.1) is 0 Å². The van der Waals surface area contributed by atoms with E-state index >= 15 is 0 Å². The van der Waals surface area contributed by atoms with Crippen LogP contribution in [0.5, 0.6) is 5.75 Å². The van der Waals surface area contributed by atoms with Crippen molar-refractivity contribution in [2.75, 3.05) is 26.0 Å². The monoisotopic (exact) mass is 456 g/mol. The Hall–Kier alpha value is -3.50. The summed E-state index contributed by atoms with van der Waals surface area (Å²) in [6.07, 6.45) is 0.346. The van der Waals surface area contributed by atoms with E-state index in [9.17, 15) is 18.0 Å². The number of benzene rings is 2. The lowest BCUT2D eigenvalue weighted by Gasteiger charge is -2.17. The Morgan fingerprint density at radius 1 is 1.12 bits per heavy atom. The van der Waals surface area contributed by atoms with Gasteiger partial charge in [0, 0.05) is 24.7 Å². The first-order chi connectivity index (χ1) is 15.2. The first kappa shape index (κ1) is 23.2. The van der Waals surface area contributed by atoms with E-state index in [1.807, 2.05) is 0 Å². The van der Waals surface area contributed by atoms with Crippen molar-refractivity contribution in [3.63, 3.8) is 0 Å². The second kappa shape index (κ2) is 9.75. The van der Waals surface area contributed by atoms with Gasteiger partial charge in [0.05, 0.1) is 24.2 Å². The summed E-state index contributed by atoms with van der Waals surface area (Å²) in [5, 5.41) is 8.93. The third-order valence-corrected chi connectivity index (χ3v) is 6.59. The van der Waals surface area contributed by atoms with Gasteiger partial charge in [0.25, 0.3) is 5.56 Å². The Bertz CT molecular complexity index is 1250. The number of aromatic nitrogens is 2. The summed E-state index contributed by atoms with van der Waals surface area (Å²) in [5.74, 6) is 0.181. The Labute approximate surface area is 186 Å². The van der Waals surface area contributed by atoms with Crippen molar-refractivity contribution in [3.8, 4) is 5.75 Å². The van der Waals surface area contributed by atoms with E-state index in [-0.39, 0.29) is 17.0 Å². The number of carbonyl (C=O) groups is 1. The molecule has 1 aromatic heterocycles. The highest BCUT2D eigenvalue weighted by Crippen LogP contribution is 2.18. The summed E-state index contributed by atoms with van der Waals surface area (Å²) in [6.45, 7) is 1.43. The molecule has 0 bridgehead atoms. The molecule has 10 heteroatoms. The summed E-state index contributed by atoms with van der Waals surface area (Å²) < 4.78 is 31.7. The van der Waals surface area contributed by atoms with Crippen molar-refractivity contribution in [2.24, 2.45) is 0 Å². The van der Waals surface area contributed by atoms with Crippen LogP contribution in [0.25, 0.3) is 0 Å². The minimum atomic E-state index is -3.87. The van der Waals surface area contributed by atoms with Gasteiger partial charge in [-0.3, -0.25) is 9.59 Å². The second-order valence-corrected chi connectivity index (χ2v) is 9.27. The lowest BCUT2D eigenvalue weighted by Crippen LogP contribution is -2.34. The zero-order chi connectivity index (χ0) is 23.3. The average Bonchev–Trinajstić information content (AvgIpc) is 2.77. The first-order valence-corrected chi connectivity index (χ1v) is 11.2. The van der Waals surface area contributed by atoms with E-state index in [0.717, 1.165) is 9.87 Å². The minimum absolute atomic E-state index is 0.0563. The van der Waals surface area contributed by atoms with Crippen LogP contribution in [-0.4, -0.2) is 49.5 Å². The first-order valence-electron chi connectivity index (χ1n) is 9.73. The number of amides is 1. The van der Waals surface area contributed by atoms with Crippen LogP contribution in [0.2, 0.25) is 0 Å². The molecule has 0 aliphatic heterocycles. The molecule has 168 valence electrons. The molecule has 0 atom stereocenters. The lowest BCUT2D eigenvalue weighted by molar-refractivity contribution is -0.116.